The van der Waals surface area contributed by atoms with Gasteiger partial charge in [-0.3, -0.25) is 9.59 Å². The molecular formula is C18H14N4O4S2. The van der Waals surface area contributed by atoms with Gasteiger partial charge in [0.1, 0.15) is 29.2 Å². The topological polar surface area (TPSA) is 117 Å². The molecule has 0 aliphatic rings. The summed E-state index contributed by atoms with van der Waals surface area (Å²) in [7, 11) is 0. The van der Waals surface area contributed by atoms with E-state index in [9.17, 15) is 14.7 Å². The minimum atomic E-state index is -1.18. The molecule has 142 valence electrons. The first-order chi connectivity index (χ1) is 13.4. The molecular weight excluding hydrogens is 400 g/mol. The van der Waals surface area contributed by atoms with Crippen LogP contribution in [0.25, 0.3) is 15.7 Å². The molecule has 4 rings (SSSR count). The Labute approximate surface area is 166 Å². The number of aliphatic carboxylic acids is 1. The normalized spacial score (nSPS) is 11.2. The van der Waals surface area contributed by atoms with Gasteiger partial charge >= 0.3 is 5.97 Å². The molecule has 0 unspecified atom stereocenters. The molecule has 28 heavy (non-hydrogen) atoms. The maximum atomic E-state index is 12.3. The van der Waals surface area contributed by atoms with Gasteiger partial charge in [-0.15, -0.1) is 11.3 Å². The van der Waals surface area contributed by atoms with Crippen LogP contribution in [0.15, 0.2) is 46.6 Å². The van der Waals surface area contributed by atoms with Crippen LogP contribution in [0, 0.1) is 6.92 Å². The molecule has 0 saturated carbocycles. The smallest absolute Gasteiger partial charge is 0.322 e. The van der Waals surface area contributed by atoms with Crippen molar-refractivity contribution in [1.29, 1.82) is 0 Å². The van der Waals surface area contributed by atoms with Crippen molar-refractivity contribution in [2.75, 3.05) is 6.54 Å². The van der Waals surface area contributed by atoms with Crippen molar-refractivity contribution in [2.45, 2.75) is 16.8 Å². The van der Waals surface area contributed by atoms with E-state index < -0.39 is 18.4 Å². The zero-order valence-corrected chi connectivity index (χ0v) is 16.2. The molecule has 3 aromatic heterocycles. The highest BCUT2D eigenvalue weighted by atomic mass is 32.2. The Bertz CT molecular complexity index is 1230. The largest absolute Gasteiger partial charge is 0.507 e. The van der Waals surface area contributed by atoms with Gasteiger partial charge in [0.25, 0.3) is 5.91 Å². The Balaban J connectivity index is 1.77. The van der Waals surface area contributed by atoms with Crippen LogP contribution < -0.4 is 5.32 Å². The summed E-state index contributed by atoms with van der Waals surface area (Å²) in [4.78, 5) is 29.2. The van der Waals surface area contributed by atoms with E-state index in [1.54, 1.807) is 11.3 Å². The number of pyridine rings is 1. The van der Waals surface area contributed by atoms with Crippen molar-refractivity contribution in [1.82, 2.24) is 19.9 Å². The van der Waals surface area contributed by atoms with Gasteiger partial charge in [0.05, 0.1) is 0 Å². The van der Waals surface area contributed by atoms with E-state index in [2.05, 4.69) is 27.5 Å². The van der Waals surface area contributed by atoms with Gasteiger partial charge in [-0.1, -0.05) is 17.8 Å². The Kier molecular flexibility index (Phi) is 4.65. The highest BCUT2D eigenvalue weighted by molar-refractivity contribution is 7.99. The number of hydrogen-bond acceptors (Lipinski definition) is 7. The van der Waals surface area contributed by atoms with Gasteiger partial charge in [0.15, 0.2) is 5.65 Å². The Hall–Kier alpha value is -3.11. The fourth-order valence-electron chi connectivity index (χ4n) is 2.84. The zero-order valence-electron chi connectivity index (χ0n) is 14.5. The first kappa shape index (κ1) is 18.3. The van der Waals surface area contributed by atoms with E-state index in [1.165, 1.54) is 33.5 Å². The predicted octanol–water partition coefficient (Wildman–Crippen LogP) is 2.92. The summed E-state index contributed by atoms with van der Waals surface area (Å²) in [5.74, 6) is -2.21. The Morgan fingerprint density at radius 2 is 2.14 bits per heavy atom. The van der Waals surface area contributed by atoms with E-state index in [0.29, 0.717) is 5.03 Å². The number of aryl methyl sites for hydroxylation is 1. The molecule has 10 heteroatoms. The van der Waals surface area contributed by atoms with Gasteiger partial charge < -0.3 is 15.5 Å². The van der Waals surface area contributed by atoms with Crippen molar-refractivity contribution in [2.24, 2.45) is 0 Å². The lowest BCUT2D eigenvalue weighted by molar-refractivity contribution is -0.135. The lowest BCUT2D eigenvalue weighted by Crippen LogP contribution is -2.29. The van der Waals surface area contributed by atoms with Gasteiger partial charge in [0.2, 0.25) is 0 Å². The highest BCUT2D eigenvalue weighted by Crippen LogP contribution is 2.38. The van der Waals surface area contributed by atoms with Crippen LogP contribution in [0.5, 0.6) is 5.75 Å². The fraction of sp³-hybridized carbons (Fsp3) is 0.111. The number of nitrogens with zero attached hydrogens (tertiary/aromatic N) is 3. The SMILES string of the molecule is Cc1cc2c(Sc3cc(O)c(C(=O)NCC(=O)O)c4ncnn34)cccc2s1. The van der Waals surface area contributed by atoms with Crippen molar-refractivity contribution >= 4 is 50.7 Å². The molecule has 0 saturated heterocycles. The number of hydrogen-bond donors (Lipinski definition) is 3. The number of carbonyl (C=O) groups excluding carboxylic acids is 1. The van der Waals surface area contributed by atoms with Gasteiger partial charge in [-0.25, -0.2) is 9.50 Å². The molecule has 8 nitrogen and oxygen atoms in total. The molecule has 0 radical (unpaired) electrons. The van der Waals surface area contributed by atoms with Crippen molar-refractivity contribution < 1.29 is 19.8 Å². The number of aromatic nitrogens is 3. The van der Waals surface area contributed by atoms with Crippen molar-refractivity contribution in [3.05, 3.63) is 47.1 Å². The summed E-state index contributed by atoms with van der Waals surface area (Å²) in [5, 5.41) is 27.2. The lowest BCUT2D eigenvalue weighted by Gasteiger charge is -2.10. The molecule has 4 aromatic rings. The van der Waals surface area contributed by atoms with Crippen LogP contribution in [0.2, 0.25) is 0 Å². The number of carbonyl (C=O) groups is 2. The van der Waals surface area contributed by atoms with Gasteiger partial charge in [-0.2, -0.15) is 5.10 Å². The molecule has 1 amide bonds. The molecule has 0 atom stereocenters. The molecule has 3 heterocycles. The molecule has 3 N–H and O–H groups in total. The number of carboxylic acid groups (broad SMARTS) is 1. The maximum Gasteiger partial charge on any atom is 0.322 e. The lowest BCUT2D eigenvalue weighted by atomic mass is 10.2. The number of aromatic hydroxyl groups is 1. The number of benzene rings is 1. The number of amides is 1. The Morgan fingerprint density at radius 1 is 1.32 bits per heavy atom. The molecule has 0 bridgehead atoms. The van der Waals surface area contributed by atoms with Crippen LogP contribution in [0.3, 0.4) is 0 Å². The average molecular weight is 414 g/mol. The molecule has 0 aliphatic heterocycles. The second-order valence-corrected chi connectivity index (χ2v) is 8.29. The summed E-state index contributed by atoms with van der Waals surface area (Å²) in [5.41, 5.74) is 0.0340. The third-order valence-electron chi connectivity index (χ3n) is 3.98. The summed E-state index contributed by atoms with van der Waals surface area (Å²) in [6.07, 6.45) is 1.28. The number of thiophene rings is 1. The molecule has 0 aliphatic carbocycles. The van der Waals surface area contributed by atoms with E-state index in [-0.39, 0.29) is 17.0 Å². The first-order valence-electron chi connectivity index (χ1n) is 8.17. The molecule has 0 spiro atoms. The predicted molar refractivity (Wildman–Crippen MR) is 105 cm³/mol. The van der Waals surface area contributed by atoms with Crippen LogP contribution in [-0.4, -0.2) is 43.2 Å². The minimum absolute atomic E-state index is 0.118. The van der Waals surface area contributed by atoms with Gasteiger partial charge in [-0.05, 0) is 25.1 Å². The number of rotatable bonds is 5. The minimum Gasteiger partial charge on any atom is -0.507 e. The van der Waals surface area contributed by atoms with E-state index >= 15 is 0 Å². The summed E-state index contributed by atoms with van der Waals surface area (Å²) in [6.45, 7) is 1.49. The third-order valence-corrected chi connectivity index (χ3v) is 6.07. The first-order valence-corrected chi connectivity index (χ1v) is 9.80. The highest BCUT2D eigenvalue weighted by Gasteiger charge is 2.21. The monoisotopic (exact) mass is 414 g/mol. The molecule has 0 fully saturated rings. The van der Waals surface area contributed by atoms with Crippen LogP contribution in [0.4, 0.5) is 0 Å². The van der Waals surface area contributed by atoms with Crippen LogP contribution in [-0.2, 0) is 4.79 Å². The van der Waals surface area contributed by atoms with E-state index in [0.717, 1.165) is 15.0 Å². The fourth-order valence-corrected chi connectivity index (χ4v) is 4.89. The summed E-state index contributed by atoms with van der Waals surface area (Å²) < 4.78 is 2.62. The van der Waals surface area contributed by atoms with E-state index in [4.69, 9.17) is 5.11 Å². The molecule has 1 aromatic carbocycles. The van der Waals surface area contributed by atoms with Crippen LogP contribution in [0.1, 0.15) is 15.2 Å². The van der Waals surface area contributed by atoms with Gasteiger partial charge in [0, 0.05) is 25.9 Å². The van der Waals surface area contributed by atoms with Crippen molar-refractivity contribution in [3.63, 3.8) is 0 Å². The Morgan fingerprint density at radius 3 is 2.93 bits per heavy atom. The number of fused-ring (bicyclic) bond motifs is 2. The van der Waals surface area contributed by atoms with Crippen molar-refractivity contribution in [3.8, 4) is 5.75 Å². The quantitative estimate of drug-likeness (QED) is 0.460. The van der Waals surface area contributed by atoms with E-state index in [1.807, 2.05) is 19.1 Å². The average Bonchev–Trinajstić information content (AvgIpc) is 3.26. The second kappa shape index (κ2) is 7.13. The number of nitrogens with one attached hydrogen (secondary N) is 1. The maximum absolute atomic E-state index is 12.3. The third kappa shape index (κ3) is 3.27. The summed E-state index contributed by atoms with van der Waals surface area (Å²) in [6, 6.07) is 9.53. The standard InChI is InChI=1S/C18H14N4O4S2/c1-9-5-10-12(27-9)3-2-4-13(10)28-14-6-11(23)16(17-20-8-21-22(14)17)18(26)19-7-15(24)25/h2-6,8,23H,7H2,1H3,(H,19,26)(H,24,25). The summed E-state index contributed by atoms with van der Waals surface area (Å²) >= 11 is 3.10. The van der Waals surface area contributed by atoms with Crippen LogP contribution >= 0.6 is 23.1 Å². The zero-order chi connectivity index (χ0) is 19.8. The second-order valence-electron chi connectivity index (χ2n) is 5.94. The number of carboxylic acids is 1.